The molecule has 1 aliphatic carbocycles. The van der Waals surface area contributed by atoms with E-state index in [1.165, 1.54) is 6.26 Å². The average Bonchev–Trinajstić information content (AvgIpc) is 2.00. The molecule has 0 aromatic carbocycles. The molecule has 90 valence electrons. The van der Waals surface area contributed by atoms with E-state index in [2.05, 4.69) is 13.8 Å². The summed E-state index contributed by atoms with van der Waals surface area (Å²) in [6, 6.07) is 0. The predicted octanol–water partition coefficient (Wildman–Crippen LogP) is 1.87. The molecule has 0 saturated heterocycles. The van der Waals surface area contributed by atoms with Gasteiger partial charge in [-0.1, -0.05) is 13.8 Å². The molecule has 2 atom stereocenters. The van der Waals surface area contributed by atoms with Crippen molar-refractivity contribution in [2.24, 2.45) is 11.3 Å². The molecule has 3 nitrogen and oxygen atoms in total. The molecule has 1 rings (SSSR count). The molecule has 4 heteroatoms. The van der Waals surface area contributed by atoms with Crippen molar-refractivity contribution >= 4 is 9.84 Å². The van der Waals surface area contributed by atoms with Crippen LogP contribution in [0, 0.1) is 11.3 Å². The minimum atomic E-state index is -3.00. The van der Waals surface area contributed by atoms with Crippen molar-refractivity contribution in [2.75, 3.05) is 13.4 Å². The van der Waals surface area contributed by atoms with E-state index in [1.54, 1.807) is 14.0 Å². The van der Waals surface area contributed by atoms with Gasteiger partial charge in [-0.3, -0.25) is 0 Å². The molecule has 1 saturated carbocycles. The maximum atomic E-state index is 11.5. The third kappa shape index (κ3) is 2.94. The normalized spacial score (nSPS) is 25.7. The number of hydrogen-bond acceptors (Lipinski definition) is 3. The van der Waals surface area contributed by atoms with Crippen molar-refractivity contribution in [3.63, 3.8) is 0 Å². The maximum absolute atomic E-state index is 11.5. The van der Waals surface area contributed by atoms with Gasteiger partial charge >= 0.3 is 0 Å². The van der Waals surface area contributed by atoms with Crippen molar-refractivity contribution in [1.29, 1.82) is 0 Å². The minimum Gasteiger partial charge on any atom is -0.380 e. The molecule has 1 fully saturated rings. The first kappa shape index (κ1) is 13.0. The van der Waals surface area contributed by atoms with Crippen LogP contribution in [0.1, 0.15) is 33.6 Å². The second-order valence-corrected chi connectivity index (χ2v) is 7.97. The lowest BCUT2D eigenvalue weighted by molar-refractivity contribution is -0.0367. The summed E-state index contributed by atoms with van der Waals surface area (Å²) in [7, 11) is -1.39. The van der Waals surface area contributed by atoms with Gasteiger partial charge in [0.15, 0.2) is 9.84 Å². The highest BCUT2D eigenvalue weighted by atomic mass is 32.2. The molecule has 15 heavy (non-hydrogen) atoms. The Morgan fingerprint density at radius 3 is 2.07 bits per heavy atom. The van der Waals surface area contributed by atoms with Crippen molar-refractivity contribution in [3.05, 3.63) is 0 Å². The van der Waals surface area contributed by atoms with Crippen molar-refractivity contribution in [1.82, 2.24) is 0 Å². The van der Waals surface area contributed by atoms with Gasteiger partial charge in [-0.15, -0.1) is 0 Å². The largest absolute Gasteiger partial charge is 0.380 e. The Morgan fingerprint density at radius 2 is 1.80 bits per heavy atom. The zero-order valence-corrected chi connectivity index (χ0v) is 11.1. The summed E-state index contributed by atoms with van der Waals surface area (Å²) in [5.74, 6) is 0.398. The van der Waals surface area contributed by atoms with Crippen LogP contribution in [-0.4, -0.2) is 33.1 Å². The van der Waals surface area contributed by atoms with Crippen molar-refractivity contribution < 1.29 is 13.2 Å². The summed E-state index contributed by atoms with van der Waals surface area (Å²) in [5, 5.41) is -0.399. The van der Waals surface area contributed by atoms with Crippen molar-refractivity contribution in [2.45, 2.75) is 45.0 Å². The summed E-state index contributed by atoms with van der Waals surface area (Å²) in [4.78, 5) is 0. The standard InChI is InChI=1S/C11H22O3S/c1-8(15(5,12)13)10(14-4)9-6-11(2,3)7-9/h8-10H,6-7H2,1-5H3/t8-,10+/m1/s1. The van der Waals surface area contributed by atoms with Gasteiger partial charge in [-0.05, 0) is 31.1 Å². The molecule has 0 amide bonds. The minimum absolute atomic E-state index is 0.145. The van der Waals surface area contributed by atoms with Crippen LogP contribution in [0.25, 0.3) is 0 Å². The molecular weight excluding hydrogens is 212 g/mol. The zero-order valence-electron chi connectivity index (χ0n) is 10.3. The smallest absolute Gasteiger partial charge is 0.152 e. The van der Waals surface area contributed by atoms with Crippen LogP contribution in [-0.2, 0) is 14.6 Å². The first-order valence-corrected chi connectivity index (χ1v) is 7.34. The number of methoxy groups -OCH3 is 1. The Labute approximate surface area is 93.1 Å². The highest BCUT2D eigenvalue weighted by Gasteiger charge is 2.44. The summed E-state index contributed by atoms with van der Waals surface area (Å²) in [6.07, 6.45) is 3.26. The first-order valence-electron chi connectivity index (χ1n) is 5.39. The molecule has 0 bridgehead atoms. The highest BCUT2D eigenvalue weighted by Crippen LogP contribution is 2.47. The van der Waals surface area contributed by atoms with Crippen LogP contribution in [0.4, 0.5) is 0 Å². The maximum Gasteiger partial charge on any atom is 0.152 e. The topological polar surface area (TPSA) is 43.4 Å². The van der Waals surface area contributed by atoms with Gasteiger partial charge in [0.25, 0.3) is 0 Å². The van der Waals surface area contributed by atoms with Gasteiger partial charge in [0, 0.05) is 13.4 Å². The Balaban J connectivity index is 2.66. The summed E-state index contributed by atoms with van der Waals surface area (Å²) < 4.78 is 28.3. The Kier molecular flexibility index (Phi) is 3.51. The summed E-state index contributed by atoms with van der Waals surface area (Å²) in [5.41, 5.74) is 0.360. The average molecular weight is 234 g/mol. The van der Waals surface area contributed by atoms with E-state index in [1.807, 2.05) is 0 Å². The second-order valence-electron chi connectivity index (χ2n) is 5.57. The lowest BCUT2D eigenvalue weighted by Gasteiger charge is -2.47. The van der Waals surface area contributed by atoms with Gasteiger partial charge in [0.2, 0.25) is 0 Å². The fourth-order valence-electron chi connectivity index (χ4n) is 2.60. The van der Waals surface area contributed by atoms with Gasteiger partial charge < -0.3 is 4.74 Å². The summed E-state index contributed by atoms with van der Waals surface area (Å²) >= 11 is 0. The van der Waals surface area contributed by atoms with E-state index in [0.29, 0.717) is 11.3 Å². The van der Waals surface area contributed by atoms with E-state index in [0.717, 1.165) is 12.8 Å². The van der Waals surface area contributed by atoms with Gasteiger partial charge in [0.05, 0.1) is 11.4 Å². The van der Waals surface area contributed by atoms with E-state index in [9.17, 15) is 8.42 Å². The summed E-state index contributed by atoms with van der Waals surface area (Å²) in [6.45, 7) is 6.16. The SMILES string of the molecule is CO[C@H](C1CC(C)(C)C1)[C@@H](C)S(C)(=O)=O. The number of hydrogen-bond donors (Lipinski definition) is 0. The monoisotopic (exact) mass is 234 g/mol. The zero-order chi connectivity index (χ0) is 11.9. The van der Waals surface area contributed by atoms with Crippen LogP contribution >= 0.6 is 0 Å². The molecule has 0 unspecified atom stereocenters. The third-order valence-electron chi connectivity index (χ3n) is 3.50. The molecule has 0 N–H and O–H groups in total. The van der Waals surface area contributed by atoms with E-state index in [-0.39, 0.29) is 6.10 Å². The van der Waals surface area contributed by atoms with E-state index >= 15 is 0 Å². The lowest BCUT2D eigenvalue weighted by Crippen LogP contribution is -2.46. The van der Waals surface area contributed by atoms with Gasteiger partial charge in [0.1, 0.15) is 0 Å². The van der Waals surface area contributed by atoms with Crippen molar-refractivity contribution in [3.8, 4) is 0 Å². The number of sulfone groups is 1. The number of rotatable bonds is 4. The Hall–Kier alpha value is -0.0900. The molecular formula is C11H22O3S. The molecule has 0 spiro atoms. The fraction of sp³-hybridized carbons (Fsp3) is 1.00. The Bertz CT molecular complexity index is 311. The van der Waals surface area contributed by atoms with Crippen LogP contribution < -0.4 is 0 Å². The Morgan fingerprint density at radius 1 is 1.33 bits per heavy atom. The van der Waals surface area contributed by atoms with Gasteiger partial charge in [-0.25, -0.2) is 8.42 Å². The highest BCUT2D eigenvalue weighted by molar-refractivity contribution is 7.91. The van der Waals surface area contributed by atoms with Crippen LogP contribution in [0.15, 0.2) is 0 Å². The molecule has 0 aliphatic heterocycles. The second kappa shape index (κ2) is 4.06. The molecule has 0 heterocycles. The third-order valence-corrected chi connectivity index (χ3v) is 5.12. The number of ether oxygens (including phenoxy) is 1. The predicted molar refractivity (Wildman–Crippen MR) is 61.6 cm³/mol. The van der Waals surface area contributed by atoms with Crippen LogP contribution in [0.2, 0.25) is 0 Å². The molecule has 1 aliphatic rings. The van der Waals surface area contributed by atoms with E-state index in [4.69, 9.17) is 4.74 Å². The molecule has 0 radical (unpaired) electrons. The van der Waals surface area contributed by atoms with Gasteiger partial charge in [-0.2, -0.15) is 0 Å². The van der Waals surface area contributed by atoms with E-state index < -0.39 is 15.1 Å². The molecule has 0 aromatic heterocycles. The molecule has 0 aromatic rings. The fourth-order valence-corrected chi connectivity index (χ4v) is 3.42. The lowest BCUT2D eigenvalue weighted by atomic mass is 9.62. The quantitative estimate of drug-likeness (QED) is 0.746. The van der Waals surface area contributed by atoms with Crippen LogP contribution in [0.3, 0.4) is 0 Å². The van der Waals surface area contributed by atoms with Crippen LogP contribution in [0.5, 0.6) is 0 Å². The first-order chi connectivity index (χ1) is 6.67.